The van der Waals surface area contributed by atoms with E-state index < -0.39 is 5.82 Å². The first-order valence-electron chi connectivity index (χ1n) is 7.78. The fourth-order valence-electron chi connectivity index (χ4n) is 2.13. The summed E-state index contributed by atoms with van der Waals surface area (Å²) < 4.78 is 18.7. The predicted molar refractivity (Wildman–Crippen MR) is 95.1 cm³/mol. The van der Waals surface area contributed by atoms with Crippen LogP contribution < -0.4 is 10.1 Å². The van der Waals surface area contributed by atoms with Crippen LogP contribution >= 0.6 is 11.3 Å². The summed E-state index contributed by atoms with van der Waals surface area (Å²) in [6.07, 6.45) is 0.735. The lowest BCUT2D eigenvalue weighted by molar-refractivity contribution is -0.116. The van der Waals surface area contributed by atoms with Gasteiger partial charge < -0.3 is 10.1 Å². The smallest absolute Gasteiger partial charge is 0.226 e. The first-order valence-corrected chi connectivity index (χ1v) is 8.60. The standard InChI is InChI=1S/C18H16FN3O2S/c19-14-9-4-5-10-15(14)24-12-6-11-16(23)20-18-22-21-17(25-18)13-7-2-1-3-8-13/h1-5,7-10H,6,11-12H2,(H,20,22,23). The second kappa shape index (κ2) is 8.34. The van der Waals surface area contributed by atoms with E-state index in [1.165, 1.54) is 17.4 Å². The maximum Gasteiger partial charge on any atom is 0.226 e. The molecule has 1 amide bonds. The summed E-state index contributed by atoms with van der Waals surface area (Å²) in [4.78, 5) is 11.9. The van der Waals surface area contributed by atoms with Crippen LogP contribution in [-0.2, 0) is 4.79 Å². The third-order valence-corrected chi connectivity index (χ3v) is 4.22. The van der Waals surface area contributed by atoms with Crippen molar-refractivity contribution in [3.05, 3.63) is 60.4 Å². The molecule has 0 saturated heterocycles. The summed E-state index contributed by atoms with van der Waals surface area (Å²) in [6.45, 7) is 0.264. The van der Waals surface area contributed by atoms with Crippen LogP contribution in [0.1, 0.15) is 12.8 Å². The molecule has 0 radical (unpaired) electrons. The van der Waals surface area contributed by atoms with Gasteiger partial charge in [-0.25, -0.2) is 4.39 Å². The number of carbonyl (C=O) groups is 1. The van der Waals surface area contributed by atoms with Gasteiger partial charge in [0.2, 0.25) is 11.0 Å². The molecule has 3 aromatic rings. The van der Waals surface area contributed by atoms with Gasteiger partial charge in [-0.05, 0) is 18.6 Å². The molecular formula is C18H16FN3O2S. The Morgan fingerprint density at radius 3 is 2.64 bits per heavy atom. The van der Waals surface area contributed by atoms with Crippen LogP contribution in [-0.4, -0.2) is 22.7 Å². The average Bonchev–Trinajstić information content (AvgIpc) is 3.09. The van der Waals surface area contributed by atoms with Crippen molar-refractivity contribution in [1.29, 1.82) is 0 Å². The zero-order chi connectivity index (χ0) is 17.5. The number of amides is 1. The molecule has 25 heavy (non-hydrogen) atoms. The largest absolute Gasteiger partial charge is 0.491 e. The SMILES string of the molecule is O=C(CCCOc1ccccc1F)Nc1nnc(-c2ccccc2)s1. The molecule has 0 bridgehead atoms. The highest BCUT2D eigenvalue weighted by Gasteiger charge is 2.09. The summed E-state index contributed by atoms with van der Waals surface area (Å²) in [6, 6.07) is 15.8. The summed E-state index contributed by atoms with van der Waals surface area (Å²) in [5.74, 6) is -0.387. The molecule has 0 aliphatic carbocycles. The lowest BCUT2D eigenvalue weighted by Crippen LogP contribution is -2.12. The van der Waals surface area contributed by atoms with Gasteiger partial charge in [-0.15, -0.1) is 10.2 Å². The Labute approximate surface area is 148 Å². The highest BCUT2D eigenvalue weighted by atomic mass is 32.1. The van der Waals surface area contributed by atoms with Gasteiger partial charge in [0, 0.05) is 12.0 Å². The number of ether oxygens (including phenoxy) is 1. The number of rotatable bonds is 7. The van der Waals surface area contributed by atoms with Crippen molar-refractivity contribution in [1.82, 2.24) is 10.2 Å². The van der Waals surface area contributed by atoms with E-state index in [-0.39, 0.29) is 24.7 Å². The van der Waals surface area contributed by atoms with E-state index in [9.17, 15) is 9.18 Å². The number of para-hydroxylation sites is 1. The molecule has 0 unspecified atom stereocenters. The Morgan fingerprint density at radius 2 is 1.84 bits per heavy atom. The van der Waals surface area contributed by atoms with Crippen LogP contribution in [0.2, 0.25) is 0 Å². The predicted octanol–water partition coefficient (Wildman–Crippen LogP) is 4.14. The minimum Gasteiger partial charge on any atom is -0.491 e. The Bertz CT molecular complexity index is 839. The van der Waals surface area contributed by atoms with E-state index in [1.807, 2.05) is 30.3 Å². The van der Waals surface area contributed by atoms with Crippen molar-refractivity contribution in [2.24, 2.45) is 0 Å². The molecule has 0 spiro atoms. The Balaban J connectivity index is 1.44. The van der Waals surface area contributed by atoms with Crippen molar-refractivity contribution < 1.29 is 13.9 Å². The number of nitrogens with one attached hydrogen (secondary N) is 1. The zero-order valence-corrected chi connectivity index (χ0v) is 14.1. The van der Waals surface area contributed by atoms with Crippen LogP contribution in [0.3, 0.4) is 0 Å². The summed E-state index contributed by atoms with van der Waals surface area (Å²) in [5.41, 5.74) is 0.957. The fourth-order valence-corrected chi connectivity index (χ4v) is 2.89. The Morgan fingerprint density at radius 1 is 1.08 bits per heavy atom. The third-order valence-electron chi connectivity index (χ3n) is 3.33. The van der Waals surface area contributed by atoms with Crippen LogP contribution in [0, 0.1) is 5.82 Å². The maximum atomic E-state index is 13.4. The van der Waals surface area contributed by atoms with E-state index in [1.54, 1.807) is 18.2 Å². The second-order valence-corrected chi connectivity index (χ2v) is 6.19. The molecule has 0 atom stereocenters. The molecule has 0 aliphatic heterocycles. The van der Waals surface area contributed by atoms with Gasteiger partial charge in [-0.3, -0.25) is 4.79 Å². The monoisotopic (exact) mass is 357 g/mol. The van der Waals surface area contributed by atoms with Crippen molar-refractivity contribution in [3.8, 4) is 16.3 Å². The molecule has 1 N–H and O–H groups in total. The van der Waals surface area contributed by atoms with E-state index in [4.69, 9.17) is 4.74 Å². The van der Waals surface area contributed by atoms with Crippen molar-refractivity contribution >= 4 is 22.4 Å². The maximum absolute atomic E-state index is 13.4. The Kier molecular flexibility index (Phi) is 5.69. The van der Waals surface area contributed by atoms with Crippen LogP contribution in [0.5, 0.6) is 5.75 Å². The number of hydrogen-bond donors (Lipinski definition) is 1. The lowest BCUT2D eigenvalue weighted by Gasteiger charge is -2.06. The number of hydrogen-bond acceptors (Lipinski definition) is 5. The van der Waals surface area contributed by atoms with Gasteiger partial charge in [0.1, 0.15) is 5.01 Å². The van der Waals surface area contributed by atoms with Gasteiger partial charge in [-0.1, -0.05) is 53.8 Å². The molecule has 1 heterocycles. The number of halogens is 1. The average molecular weight is 357 g/mol. The molecule has 2 aromatic carbocycles. The topological polar surface area (TPSA) is 64.1 Å². The van der Waals surface area contributed by atoms with Crippen LogP contribution in [0.25, 0.3) is 10.6 Å². The third kappa shape index (κ3) is 4.84. The second-order valence-electron chi connectivity index (χ2n) is 5.21. The highest BCUT2D eigenvalue weighted by Crippen LogP contribution is 2.26. The van der Waals surface area contributed by atoms with Crippen molar-refractivity contribution in [2.75, 3.05) is 11.9 Å². The fraction of sp³-hybridized carbons (Fsp3) is 0.167. The van der Waals surface area contributed by atoms with E-state index in [0.717, 1.165) is 10.6 Å². The van der Waals surface area contributed by atoms with Crippen LogP contribution in [0.15, 0.2) is 54.6 Å². The van der Waals surface area contributed by atoms with E-state index in [2.05, 4.69) is 15.5 Å². The number of aromatic nitrogens is 2. The normalized spacial score (nSPS) is 10.4. The highest BCUT2D eigenvalue weighted by molar-refractivity contribution is 7.18. The lowest BCUT2D eigenvalue weighted by atomic mass is 10.2. The molecule has 3 rings (SSSR count). The molecule has 0 fully saturated rings. The van der Waals surface area contributed by atoms with Gasteiger partial charge >= 0.3 is 0 Å². The minimum absolute atomic E-state index is 0.173. The van der Waals surface area contributed by atoms with Crippen LogP contribution in [0.4, 0.5) is 9.52 Å². The minimum atomic E-state index is -0.408. The molecule has 128 valence electrons. The van der Waals surface area contributed by atoms with Crippen molar-refractivity contribution in [3.63, 3.8) is 0 Å². The van der Waals surface area contributed by atoms with Gasteiger partial charge in [-0.2, -0.15) is 0 Å². The molecule has 5 nitrogen and oxygen atoms in total. The molecule has 7 heteroatoms. The molecular weight excluding hydrogens is 341 g/mol. The zero-order valence-electron chi connectivity index (χ0n) is 13.3. The number of benzene rings is 2. The molecule has 0 saturated carbocycles. The first-order chi connectivity index (χ1) is 12.2. The van der Waals surface area contributed by atoms with Gasteiger partial charge in [0.25, 0.3) is 0 Å². The van der Waals surface area contributed by atoms with Gasteiger partial charge in [0.05, 0.1) is 6.61 Å². The van der Waals surface area contributed by atoms with E-state index >= 15 is 0 Å². The molecule has 1 aromatic heterocycles. The van der Waals surface area contributed by atoms with Gasteiger partial charge in [0.15, 0.2) is 11.6 Å². The summed E-state index contributed by atoms with van der Waals surface area (Å²) >= 11 is 1.32. The number of nitrogens with zero attached hydrogens (tertiary/aromatic N) is 2. The summed E-state index contributed by atoms with van der Waals surface area (Å²) in [7, 11) is 0. The number of carbonyl (C=O) groups excluding carboxylic acids is 1. The quantitative estimate of drug-likeness (QED) is 0.646. The summed E-state index contributed by atoms with van der Waals surface area (Å²) in [5, 5.41) is 12.0. The number of anilines is 1. The van der Waals surface area contributed by atoms with Crippen molar-refractivity contribution in [2.45, 2.75) is 12.8 Å². The van der Waals surface area contributed by atoms with E-state index in [0.29, 0.717) is 11.6 Å². The Hall–Kier alpha value is -2.80. The first kappa shape index (κ1) is 17.0. The molecule has 0 aliphatic rings.